The summed E-state index contributed by atoms with van der Waals surface area (Å²) in [5.41, 5.74) is 0.661. The topological polar surface area (TPSA) is 12.0 Å². The smallest absolute Gasteiger partial charge is 0.0121 e. The van der Waals surface area contributed by atoms with Crippen LogP contribution in [0.25, 0.3) is 0 Å². The molecule has 0 aromatic carbocycles. The van der Waals surface area contributed by atoms with Crippen molar-refractivity contribution in [1.29, 1.82) is 0 Å². The van der Waals surface area contributed by atoms with E-state index >= 15 is 0 Å². The van der Waals surface area contributed by atoms with Gasteiger partial charge < -0.3 is 5.32 Å². The molecular weight excluding hydrogens is 134 g/mol. The summed E-state index contributed by atoms with van der Waals surface area (Å²) < 4.78 is 0. The zero-order valence-corrected chi connectivity index (χ0v) is 7.69. The molecule has 2 atom stereocenters. The molecule has 1 saturated carbocycles. The van der Waals surface area contributed by atoms with Crippen LogP contribution in [0, 0.1) is 11.3 Å². The summed E-state index contributed by atoms with van der Waals surface area (Å²) in [5.74, 6) is 1.06. The standard InChI is InChI=1S/C10H19N/c1-3-9-10(2,6-7-11-9)8-4-5-8/h8-9,11H,3-7H2,1-2H3. The monoisotopic (exact) mass is 153 g/mol. The first-order valence-corrected chi connectivity index (χ1v) is 5.00. The predicted octanol–water partition coefficient (Wildman–Crippen LogP) is 2.17. The average Bonchev–Trinajstić information content (AvgIpc) is 2.77. The quantitative estimate of drug-likeness (QED) is 0.641. The molecule has 64 valence electrons. The Balaban J connectivity index is 2.08. The van der Waals surface area contributed by atoms with E-state index in [9.17, 15) is 0 Å². The van der Waals surface area contributed by atoms with Crippen molar-refractivity contribution in [3.63, 3.8) is 0 Å². The summed E-state index contributed by atoms with van der Waals surface area (Å²) in [4.78, 5) is 0. The van der Waals surface area contributed by atoms with Gasteiger partial charge in [0.1, 0.15) is 0 Å². The van der Waals surface area contributed by atoms with Gasteiger partial charge in [-0.25, -0.2) is 0 Å². The highest BCUT2D eigenvalue weighted by molar-refractivity contribution is 5.02. The molecule has 2 fully saturated rings. The van der Waals surface area contributed by atoms with Crippen LogP contribution >= 0.6 is 0 Å². The predicted molar refractivity (Wildman–Crippen MR) is 47.5 cm³/mol. The summed E-state index contributed by atoms with van der Waals surface area (Å²) in [6.45, 7) is 6.05. The molecule has 0 aromatic rings. The lowest BCUT2D eigenvalue weighted by Crippen LogP contribution is -2.35. The molecule has 0 amide bonds. The first-order valence-electron chi connectivity index (χ1n) is 5.00. The van der Waals surface area contributed by atoms with Crippen LogP contribution in [0.4, 0.5) is 0 Å². The first kappa shape index (κ1) is 7.60. The molecule has 11 heavy (non-hydrogen) atoms. The molecule has 1 aliphatic carbocycles. The molecule has 1 heteroatoms. The Labute approximate surface area is 69.6 Å². The number of nitrogens with one attached hydrogen (secondary N) is 1. The fourth-order valence-corrected chi connectivity index (χ4v) is 2.77. The molecule has 1 saturated heterocycles. The fraction of sp³-hybridized carbons (Fsp3) is 1.00. The molecule has 2 unspecified atom stereocenters. The maximum atomic E-state index is 3.62. The van der Waals surface area contributed by atoms with Crippen molar-refractivity contribution >= 4 is 0 Å². The van der Waals surface area contributed by atoms with Crippen LogP contribution in [0.1, 0.15) is 39.5 Å². The third-order valence-corrected chi connectivity index (χ3v) is 3.77. The van der Waals surface area contributed by atoms with Crippen molar-refractivity contribution in [1.82, 2.24) is 5.32 Å². The van der Waals surface area contributed by atoms with Gasteiger partial charge in [0.15, 0.2) is 0 Å². The Bertz CT molecular complexity index is 151. The third-order valence-electron chi connectivity index (χ3n) is 3.77. The minimum absolute atomic E-state index is 0.661. The van der Waals surface area contributed by atoms with Crippen molar-refractivity contribution in [2.24, 2.45) is 11.3 Å². The van der Waals surface area contributed by atoms with Gasteiger partial charge in [-0.1, -0.05) is 13.8 Å². The van der Waals surface area contributed by atoms with Gasteiger partial charge in [0.05, 0.1) is 0 Å². The van der Waals surface area contributed by atoms with Crippen LogP contribution in [0.5, 0.6) is 0 Å². The van der Waals surface area contributed by atoms with Crippen molar-refractivity contribution in [3.8, 4) is 0 Å². The Morgan fingerprint density at radius 1 is 1.45 bits per heavy atom. The van der Waals surface area contributed by atoms with Gasteiger partial charge in [-0.3, -0.25) is 0 Å². The van der Waals surface area contributed by atoms with Gasteiger partial charge in [-0.2, -0.15) is 0 Å². The Kier molecular flexibility index (Phi) is 1.71. The van der Waals surface area contributed by atoms with Crippen LogP contribution in [0.2, 0.25) is 0 Å². The summed E-state index contributed by atoms with van der Waals surface area (Å²) in [6, 6.07) is 0.815. The van der Waals surface area contributed by atoms with Crippen LogP contribution in [-0.4, -0.2) is 12.6 Å². The summed E-state index contributed by atoms with van der Waals surface area (Å²) in [6.07, 6.45) is 5.71. The van der Waals surface area contributed by atoms with Crippen molar-refractivity contribution in [2.75, 3.05) is 6.54 Å². The minimum Gasteiger partial charge on any atom is -0.313 e. The van der Waals surface area contributed by atoms with Crippen molar-refractivity contribution in [3.05, 3.63) is 0 Å². The maximum Gasteiger partial charge on any atom is 0.0121 e. The van der Waals surface area contributed by atoms with Crippen LogP contribution in [0.15, 0.2) is 0 Å². The second-order valence-electron chi connectivity index (χ2n) is 4.45. The molecule has 1 heterocycles. The third kappa shape index (κ3) is 1.10. The molecular formula is C10H19N. The molecule has 2 rings (SSSR count). The van der Waals surface area contributed by atoms with Crippen LogP contribution in [0.3, 0.4) is 0 Å². The average molecular weight is 153 g/mol. The van der Waals surface area contributed by atoms with E-state index in [1.807, 2.05) is 0 Å². The normalized spacial score (nSPS) is 44.7. The maximum absolute atomic E-state index is 3.62. The second kappa shape index (κ2) is 2.48. The lowest BCUT2D eigenvalue weighted by molar-refractivity contribution is 0.230. The highest BCUT2D eigenvalue weighted by Gasteiger charge is 2.48. The summed E-state index contributed by atoms with van der Waals surface area (Å²) >= 11 is 0. The Morgan fingerprint density at radius 3 is 2.73 bits per heavy atom. The Hall–Kier alpha value is -0.0400. The van der Waals surface area contributed by atoms with Crippen molar-refractivity contribution in [2.45, 2.75) is 45.6 Å². The number of hydrogen-bond donors (Lipinski definition) is 1. The molecule has 2 aliphatic rings. The van der Waals surface area contributed by atoms with Crippen LogP contribution in [-0.2, 0) is 0 Å². The van der Waals surface area contributed by atoms with Gasteiger partial charge in [-0.15, -0.1) is 0 Å². The highest BCUT2D eigenvalue weighted by atomic mass is 15.0. The highest BCUT2D eigenvalue weighted by Crippen LogP contribution is 2.52. The van der Waals surface area contributed by atoms with Gasteiger partial charge in [0.2, 0.25) is 0 Å². The van der Waals surface area contributed by atoms with Gasteiger partial charge in [-0.05, 0) is 43.6 Å². The lowest BCUT2D eigenvalue weighted by Gasteiger charge is -2.30. The summed E-state index contributed by atoms with van der Waals surface area (Å²) in [5, 5.41) is 3.62. The van der Waals surface area contributed by atoms with Crippen molar-refractivity contribution < 1.29 is 0 Å². The van der Waals surface area contributed by atoms with E-state index in [2.05, 4.69) is 19.2 Å². The number of rotatable bonds is 2. The molecule has 1 aliphatic heterocycles. The van der Waals surface area contributed by atoms with Gasteiger partial charge in [0, 0.05) is 6.04 Å². The largest absolute Gasteiger partial charge is 0.313 e. The molecule has 0 spiro atoms. The number of hydrogen-bond acceptors (Lipinski definition) is 1. The van der Waals surface area contributed by atoms with E-state index in [4.69, 9.17) is 0 Å². The molecule has 0 bridgehead atoms. The molecule has 0 radical (unpaired) electrons. The van der Waals surface area contributed by atoms with Gasteiger partial charge in [0.25, 0.3) is 0 Å². The SMILES string of the molecule is CCC1NCCC1(C)C1CC1. The fourth-order valence-electron chi connectivity index (χ4n) is 2.77. The zero-order chi connectivity index (χ0) is 7.90. The minimum atomic E-state index is 0.661. The summed E-state index contributed by atoms with van der Waals surface area (Å²) in [7, 11) is 0. The van der Waals surface area contributed by atoms with E-state index < -0.39 is 0 Å². The molecule has 1 nitrogen and oxygen atoms in total. The van der Waals surface area contributed by atoms with E-state index in [1.165, 1.54) is 32.2 Å². The van der Waals surface area contributed by atoms with Crippen LogP contribution < -0.4 is 5.32 Å². The van der Waals surface area contributed by atoms with Gasteiger partial charge >= 0.3 is 0 Å². The van der Waals surface area contributed by atoms with E-state index in [1.54, 1.807) is 0 Å². The first-order chi connectivity index (χ1) is 5.27. The lowest BCUT2D eigenvalue weighted by atomic mass is 9.77. The molecule has 1 N–H and O–H groups in total. The van der Waals surface area contributed by atoms with E-state index in [0.29, 0.717) is 5.41 Å². The molecule has 0 aromatic heterocycles. The Morgan fingerprint density at radius 2 is 2.18 bits per heavy atom. The second-order valence-corrected chi connectivity index (χ2v) is 4.45. The van der Waals surface area contributed by atoms with E-state index in [0.717, 1.165) is 12.0 Å². The zero-order valence-electron chi connectivity index (χ0n) is 7.69. The van der Waals surface area contributed by atoms with E-state index in [-0.39, 0.29) is 0 Å².